The fraction of sp³-hybridized carbons (Fsp3) is 0.848. The predicted molar refractivity (Wildman–Crippen MR) is 147 cm³/mol. The Hall–Kier alpha value is -1.65. The van der Waals surface area contributed by atoms with Gasteiger partial charge in [-0.15, -0.1) is 0 Å². The van der Waals surface area contributed by atoms with Crippen molar-refractivity contribution in [3.8, 4) is 0 Å². The van der Waals surface area contributed by atoms with Gasteiger partial charge in [-0.2, -0.15) is 0 Å². The lowest BCUT2D eigenvalue weighted by Crippen LogP contribution is -2.65. The first-order chi connectivity index (χ1) is 17.5. The molecule has 0 amide bonds. The maximum atomic E-state index is 13.4. The third kappa shape index (κ3) is 3.44. The van der Waals surface area contributed by atoms with Crippen LogP contribution in [0.25, 0.3) is 0 Å². The highest BCUT2D eigenvalue weighted by Crippen LogP contribution is 2.75. The summed E-state index contributed by atoms with van der Waals surface area (Å²) in [6, 6.07) is 0. The molecule has 4 fully saturated rings. The molecule has 8 atom stereocenters. The lowest BCUT2D eigenvalue weighted by atomic mass is 9.33. The summed E-state index contributed by atoms with van der Waals surface area (Å²) in [5.74, 6) is 0.916. The molecule has 0 bridgehead atoms. The summed E-state index contributed by atoms with van der Waals surface area (Å²) in [6.45, 7) is 17.9. The molecule has 0 aromatic carbocycles. The first kappa shape index (κ1) is 27.9. The van der Waals surface area contributed by atoms with E-state index in [9.17, 15) is 14.4 Å². The number of Topliss-reactive ketones (excluding diaryl/α,β-unsaturated/α-hetero) is 1. The minimum atomic E-state index is -0.721. The summed E-state index contributed by atoms with van der Waals surface area (Å²) in [5, 5.41) is 0. The fourth-order valence-corrected chi connectivity index (χ4v) is 11.0. The van der Waals surface area contributed by atoms with Gasteiger partial charge in [-0.3, -0.25) is 14.4 Å². The molecule has 0 saturated heterocycles. The average Bonchev–Trinajstić information content (AvgIpc) is 2.81. The Morgan fingerprint density at radius 2 is 1.61 bits per heavy atom. The molecule has 5 aliphatic carbocycles. The van der Waals surface area contributed by atoms with Gasteiger partial charge in [0.1, 0.15) is 11.9 Å². The molecule has 5 aliphatic rings. The lowest BCUT2D eigenvalue weighted by Gasteiger charge is -2.71. The Kier molecular flexibility index (Phi) is 6.19. The third-order valence-electron chi connectivity index (χ3n) is 13.4. The summed E-state index contributed by atoms with van der Waals surface area (Å²) >= 11 is 0. The molecule has 38 heavy (non-hydrogen) atoms. The van der Waals surface area contributed by atoms with Crippen LogP contribution in [-0.4, -0.2) is 30.9 Å². The summed E-state index contributed by atoms with van der Waals surface area (Å²) < 4.78 is 11.3. The zero-order chi connectivity index (χ0) is 28.1. The highest BCUT2D eigenvalue weighted by molar-refractivity contribution is 5.92. The molecule has 0 N–H and O–H groups in total. The van der Waals surface area contributed by atoms with Gasteiger partial charge in [0.05, 0.1) is 12.5 Å². The fourth-order valence-electron chi connectivity index (χ4n) is 11.0. The van der Waals surface area contributed by atoms with Crippen molar-refractivity contribution < 1.29 is 23.9 Å². The number of hydrogen-bond donors (Lipinski definition) is 0. The molecule has 0 radical (unpaired) electrons. The van der Waals surface area contributed by atoms with E-state index >= 15 is 0 Å². The van der Waals surface area contributed by atoms with Gasteiger partial charge < -0.3 is 9.47 Å². The molecule has 0 spiro atoms. The number of ketones is 1. The van der Waals surface area contributed by atoms with Crippen LogP contribution in [0.1, 0.15) is 113 Å². The molecule has 0 heterocycles. The molecular formula is C33H50O5. The van der Waals surface area contributed by atoms with Crippen molar-refractivity contribution in [2.75, 3.05) is 7.11 Å². The highest BCUT2D eigenvalue weighted by Gasteiger charge is 2.70. The second-order valence-electron chi connectivity index (χ2n) is 15.6. The molecule has 5 nitrogen and oxygen atoms in total. The van der Waals surface area contributed by atoms with Crippen molar-refractivity contribution in [3.05, 3.63) is 11.6 Å². The van der Waals surface area contributed by atoms with Crippen LogP contribution in [0.15, 0.2) is 11.6 Å². The van der Waals surface area contributed by atoms with Crippen molar-refractivity contribution in [1.82, 2.24) is 0 Å². The number of methoxy groups -OCH3 is 1. The molecule has 5 heteroatoms. The molecule has 4 saturated carbocycles. The Labute approximate surface area is 229 Å². The quantitative estimate of drug-likeness (QED) is 0.284. The monoisotopic (exact) mass is 526 g/mol. The van der Waals surface area contributed by atoms with Gasteiger partial charge in [-0.25, -0.2) is 0 Å². The maximum absolute atomic E-state index is 13.4. The van der Waals surface area contributed by atoms with Gasteiger partial charge in [0.15, 0.2) is 0 Å². The Morgan fingerprint density at radius 1 is 0.921 bits per heavy atom. The number of hydrogen-bond acceptors (Lipinski definition) is 5. The van der Waals surface area contributed by atoms with E-state index < -0.39 is 10.8 Å². The first-order valence-electron chi connectivity index (χ1n) is 15.0. The summed E-state index contributed by atoms with van der Waals surface area (Å²) in [7, 11) is 1.48. The van der Waals surface area contributed by atoms with Gasteiger partial charge in [0.25, 0.3) is 0 Å². The van der Waals surface area contributed by atoms with Gasteiger partial charge in [-0.1, -0.05) is 60.1 Å². The number of ether oxygens (including phenoxy) is 2. The van der Waals surface area contributed by atoms with Crippen LogP contribution >= 0.6 is 0 Å². The van der Waals surface area contributed by atoms with Crippen molar-refractivity contribution in [2.45, 2.75) is 119 Å². The van der Waals surface area contributed by atoms with Crippen LogP contribution in [0.3, 0.4) is 0 Å². The Morgan fingerprint density at radius 3 is 2.24 bits per heavy atom. The number of carbonyl (C=O) groups is 3. The first-order valence-corrected chi connectivity index (χ1v) is 15.0. The van der Waals surface area contributed by atoms with E-state index in [-0.39, 0.29) is 51.4 Å². The van der Waals surface area contributed by atoms with E-state index in [2.05, 4.69) is 54.5 Å². The smallest absolute Gasteiger partial charge is 0.312 e. The third-order valence-corrected chi connectivity index (χ3v) is 13.4. The van der Waals surface area contributed by atoms with Crippen LogP contribution < -0.4 is 0 Å². The van der Waals surface area contributed by atoms with Crippen molar-refractivity contribution in [3.63, 3.8) is 0 Å². The predicted octanol–water partition coefficient (Wildman–Crippen LogP) is 7.07. The number of esters is 2. The Balaban J connectivity index is 1.57. The van der Waals surface area contributed by atoms with E-state index in [1.54, 1.807) is 0 Å². The standard InChI is InChI=1S/C33H50O5/c1-20(34)38-26-13-14-30(6)23(29(26,4)5)12-15-32(8)24(30)11-10-21-22-18-28(2,3)25(35)19-33(22,27(36)37-9)17-16-31(21,32)7/h10,22-24,26H,11-19H2,1-9H3. The SMILES string of the molecule is COC(=O)C12CCC3(C)C(=CCC4C5(C)CCC(OC(C)=O)C(C)(C)C5CCC43C)C1CC(C)(C)C(=O)C2. The van der Waals surface area contributed by atoms with Crippen LogP contribution in [0.4, 0.5) is 0 Å². The molecule has 0 aromatic heterocycles. The van der Waals surface area contributed by atoms with E-state index in [0.717, 1.165) is 51.4 Å². The zero-order valence-electron chi connectivity index (χ0n) is 25.3. The number of rotatable bonds is 2. The maximum Gasteiger partial charge on any atom is 0.312 e. The summed E-state index contributed by atoms with van der Waals surface area (Å²) in [4.78, 5) is 38.5. The molecule has 5 rings (SSSR count). The van der Waals surface area contributed by atoms with Crippen LogP contribution in [-0.2, 0) is 23.9 Å². The lowest BCUT2D eigenvalue weighted by molar-refractivity contribution is -0.213. The van der Waals surface area contributed by atoms with E-state index in [4.69, 9.17) is 9.47 Å². The van der Waals surface area contributed by atoms with Crippen molar-refractivity contribution in [2.24, 2.45) is 50.2 Å². The normalized spacial score (nSPS) is 46.9. The topological polar surface area (TPSA) is 69.7 Å². The molecule has 0 aromatic rings. The largest absolute Gasteiger partial charge is 0.469 e. The second-order valence-corrected chi connectivity index (χ2v) is 15.6. The highest BCUT2D eigenvalue weighted by atomic mass is 16.5. The van der Waals surface area contributed by atoms with Crippen molar-refractivity contribution >= 4 is 17.7 Å². The van der Waals surface area contributed by atoms with Gasteiger partial charge in [0.2, 0.25) is 0 Å². The number of carbonyl (C=O) groups excluding carboxylic acids is 3. The molecular weight excluding hydrogens is 476 g/mol. The minimum absolute atomic E-state index is 0.0145. The number of allylic oxidation sites excluding steroid dienone is 2. The Bertz CT molecular complexity index is 1080. The summed E-state index contributed by atoms with van der Waals surface area (Å²) in [6.07, 6.45) is 10.5. The average molecular weight is 527 g/mol. The molecule has 212 valence electrons. The second kappa shape index (κ2) is 8.43. The van der Waals surface area contributed by atoms with Gasteiger partial charge >= 0.3 is 11.9 Å². The van der Waals surface area contributed by atoms with E-state index in [0.29, 0.717) is 18.3 Å². The van der Waals surface area contributed by atoms with E-state index in [1.807, 2.05) is 0 Å². The summed E-state index contributed by atoms with van der Waals surface area (Å²) in [5.41, 5.74) is 0.480. The van der Waals surface area contributed by atoms with Crippen LogP contribution in [0, 0.1) is 50.2 Å². The van der Waals surface area contributed by atoms with Gasteiger partial charge in [-0.05, 0) is 85.4 Å². The molecule has 0 aliphatic heterocycles. The minimum Gasteiger partial charge on any atom is -0.469 e. The van der Waals surface area contributed by atoms with Crippen LogP contribution in [0.2, 0.25) is 0 Å². The van der Waals surface area contributed by atoms with E-state index in [1.165, 1.54) is 19.6 Å². The molecule has 8 unspecified atom stereocenters. The van der Waals surface area contributed by atoms with Crippen LogP contribution in [0.5, 0.6) is 0 Å². The number of fused-ring (bicyclic) bond motifs is 7. The van der Waals surface area contributed by atoms with Crippen molar-refractivity contribution in [1.29, 1.82) is 0 Å². The van der Waals surface area contributed by atoms with Gasteiger partial charge in [0, 0.05) is 24.2 Å². The zero-order valence-corrected chi connectivity index (χ0v) is 25.3.